The highest BCUT2D eigenvalue weighted by molar-refractivity contribution is 6.12. The summed E-state index contributed by atoms with van der Waals surface area (Å²) in [4.78, 5) is 0. The first kappa shape index (κ1) is 32.4. The summed E-state index contributed by atoms with van der Waals surface area (Å²) in [6.45, 7) is 0. The molecular formula is C54H46N2. The quantitative estimate of drug-likeness (QED) is 0.171. The molecule has 1 unspecified atom stereocenters. The maximum atomic E-state index is 2.61. The lowest BCUT2D eigenvalue weighted by atomic mass is 9.62. The minimum Gasteiger partial charge on any atom is -0.310 e. The van der Waals surface area contributed by atoms with E-state index >= 15 is 0 Å². The molecule has 12 rings (SSSR count). The average molecular weight is 723 g/mol. The molecule has 1 atom stereocenters. The van der Waals surface area contributed by atoms with Gasteiger partial charge in [0.1, 0.15) is 0 Å². The largest absolute Gasteiger partial charge is 0.310 e. The van der Waals surface area contributed by atoms with E-state index in [9.17, 15) is 0 Å². The number of aromatic nitrogens is 2. The van der Waals surface area contributed by atoms with Crippen molar-refractivity contribution >= 4 is 66.2 Å². The van der Waals surface area contributed by atoms with Gasteiger partial charge in [0.05, 0.1) is 22.1 Å². The van der Waals surface area contributed by atoms with E-state index in [0.29, 0.717) is 5.92 Å². The summed E-state index contributed by atoms with van der Waals surface area (Å²) in [5.41, 5.74) is 18.1. The van der Waals surface area contributed by atoms with E-state index in [1.807, 2.05) is 0 Å². The number of hydrogen-bond acceptors (Lipinski definition) is 0. The molecule has 0 amide bonds. The van der Waals surface area contributed by atoms with Crippen molar-refractivity contribution in [1.29, 1.82) is 0 Å². The third-order valence-corrected chi connectivity index (χ3v) is 14.1. The van der Waals surface area contributed by atoms with Gasteiger partial charge in [0.15, 0.2) is 0 Å². The van der Waals surface area contributed by atoms with Crippen molar-refractivity contribution in [3.05, 3.63) is 168 Å². The molecule has 0 bridgehead atoms. The number of fused-ring (bicyclic) bond motifs is 11. The normalized spacial score (nSPS) is 20.0. The van der Waals surface area contributed by atoms with Crippen LogP contribution in [0.3, 0.4) is 0 Å². The van der Waals surface area contributed by atoms with Gasteiger partial charge in [-0.25, -0.2) is 0 Å². The van der Waals surface area contributed by atoms with Crippen LogP contribution in [0.2, 0.25) is 0 Å². The molecule has 1 saturated carbocycles. The Bertz CT molecular complexity index is 2970. The lowest BCUT2D eigenvalue weighted by Crippen LogP contribution is -2.34. The van der Waals surface area contributed by atoms with Crippen molar-refractivity contribution < 1.29 is 0 Å². The Morgan fingerprint density at radius 2 is 1.07 bits per heavy atom. The first-order valence-corrected chi connectivity index (χ1v) is 21.1. The number of hydrogen-bond donors (Lipinski definition) is 0. The highest BCUT2D eigenvalue weighted by Crippen LogP contribution is 2.61. The lowest BCUT2D eigenvalue weighted by molar-refractivity contribution is 0.242. The predicted octanol–water partition coefficient (Wildman–Crippen LogP) is 14.7. The Hall–Kier alpha value is -5.86. The Morgan fingerprint density at radius 1 is 0.500 bits per heavy atom. The van der Waals surface area contributed by atoms with Crippen LogP contribution in [-0.4, -0.2) is 9.13 Å². The zero-order valence-corrected chi connectivity index (χ0v) is 32.0. The molecule has 5 aliphatic rings. The van der Waals surface area contributed by atoms with Gasteiger partial charge in [-0.3, -0.25) is 0 Å². The summed E-state index contributed by atoms with van der Waals surface area (Å²) >= 11 is 0. The molecule has 2 aromatic heterocycles. The van der Waals surface area contributed by atoms with Crippen LogP contribution in [0.15, 0.2) is 152 Å². The Kier molecular flexibility index (Phi) is 7.28. The van der Waals surface area contributed by atoms with E-state index in [0.717, 1.165) is 32.1 Å². The molecule has 0 aliphatic heterocycles. The van der Waals surface area contributed by atoms with Crippen molar-refractivity contribution in [3.8, 4) is 11.1 Å². The molecule has 2 nitrogen and oxygen atoms in total. The summed E-state index contributed by atoms with van der Waals surface area (Å²) in [5.74, 6) is 0.514. The fraction of sp³-hybridized carbons (Fsp3) is 0.222. The van der Waals surface area contributed by atoms with Crippen LogP contribution in [0, 0.1) is 5.92 Å². The van der Waals surface area contributed by atoms with E-state index in [4.69, 9.17) is 0 Å². The number of benzene rings is 5. The number of para-hydroxylation sites is 2. The lowest BCUT2D eigenvalue weighted by Gasteiger charge is -2.41. The van der Waals surface area contributed by atoms with Crippen LogP contribution in [0.1, 0.15) is 80.9 Å². The Morgan fingerprint density at radius 3 is 1.71 bits per heavy atom. The van der Waals surface area contributed by atoms with E-state index in [1.165, 1.54) is 115 Å². The zero-order chi connectivity index (χ0) is 36.8. The third kappa shape index (κ3) is 4.75. The minimum atomic E-state index is 0.189. The van der Waals surface area contributed by atoms with Crippen LogP contribution in [0.4, 0.5) is 0 Å². The standard InChI is InChI=1S/C54H46N2/c1-4-14-40(15-5-1)55-50-20-10-8-18-44(50)46-32-36(24-28-52(46)55)38-22-26-42-43-27-23-39(35-49(43)54(48(42)34-38)30-12-3-13-31-54)37-25-29-53-47(33-37)45-19-9-11-21-51(45)56(53)41-16-6-2-7-17-41/h4,6,8-11,14-29,32-34,49H,1-3,5,7,12-13,30-31,35H2. The van der Waals surface area contributed by atoms with Crippen molar-refractivity contribution in [2.24, 2.45) is 5.92 Å². The second-order valence-electron chi connectivity index (χ2n) is 16.9. The van der Waals surface area contributed by atoms with Crippen molar-refractivity contribution in [3.63, 3.8) is 0 Å². The maximum absolute atomic E-state index is 2.61. The van der Waals surface area contributed by atoms with Gasteiger partial charge in [0.25, 0.3) is 0 Å². The molecule has 0 N–H and O–H groups in total. The summed E-state index contributed by atoms with van der Waals surface area (Å²) in [6, 6.07) is 39.9. The van der Waals surface area contributed by atoms with Crippen molar-refractivity contribution in [1.82, 2.24) is 9.13 Å². The van der Waals surface area contributed by atoms with E-state index < -0.39 is 0 Å². The summed E-state index contributed by atoms with van der Waals surface area (Å²) in [5, 5.41) is 5.36. The molecular weight excluding hydrogens is 677 g/mol. The van der Waals surface area contributed by atoms with Crippen LogP contribution < -0.4 is 0 Å². The summed E-state index contributed by atoms with van der Waals surface area (Å²) < 4.78 is 4.94. The highest BCUT2D eigenvalue weighted by atomic mass is 15.0. The van der Waals surface area contributed by atoms with E-state index in [-0.39, 0.29) is 5.41 Å². The molecule has 7 aromatic rings. The van der Waals surface area contributed by atoms with Gasteiger partial charge >= 0.3 is 0 Å². The first-order chi connectivity index (χ1) is 27.7. The molecule has 2 heteroatoms. The molecule has 1 fully saturated rings. The topological polar surface area (TPSA) is 9.86 Å². The fourth-order valence-corrected chi connectivity index (χ4v) is 11.5. The van der Waals surface area contributed by atoms with Crippen LogP contribution in [0.5, 0.6) is 0 Å². The smallest absolute Gasteiger partial charge is 0.0541 e. The minimum absolute atomic E-state index is 0.189. The molecule has 0 radical (unpaired) electrons. The predicted molar refractivity (Wildman–Crippen MR) is 238 cm³/mol. The van der Waals surface area contributed by atoms with Gasteiger partial charge in [0, 0.05) is 38.4 Å². The van der Waals surface area contributed by atoms with Crippen LogP contribution in [-0.2, 0) is 5.41 Å². The van der Waals surface area contributed by atoms with Gasteiger partial charge < -0.3 is 9.13 Å². The van der Waals surface area contributed by atoms with Gasteiger partial charge in [-0.1, -0.05) is 116 Å². The second kappa shape index (κ2) is 12.6. The monoisotopic (exact) mass is 722 g/mol. The molecule has 2 heterocycles. The zero-order valence-electron chi connectivity index (χ0n) is 32.0. The fourth-order valence-electron chi connectivity index (χ4n) is 11.5. The van der Waals surface area contributed by atoms with Gasteiger partial charge in [0.2, 0.25) is 0 Å². The Balaban J connectivity index is 0.946. The van der Waals surface area contributed by atoms with Crippen LogP contribution >= 0.6 is 0 Å². The molecule has 56 heavy (non-hydrogen) atoms. The highest BCUT2D eigenvalue weighted by Gasteiger charge is 2.50. The van der Waals surface area contributed by atoms with E-state index in [2.05, 4.69) is 161 Å². The van der Waals surface area contributed by atoms with Crippen LogP contribution in [0.25, 0.3) is 77.3 Å². The number of allylic oxidation sites excluding steroid dienone is 12. The van der Waals surface area contributed by atoms with Crippen molar-refractivity contribution in [2.45, 2.75) is 69.6 Å². The molecule has 0 saturated heterocycles. The first-order valence-electron chi connectivity index (χ1n) is 21.1. The average Bonchev–Trinajstić information content (AvgIpc) is 3.87. The second-order valence-corrected chi connectivity index (χ2v) is 16.9. The van der Waals surface area contributed by atoms with E-state index in [1.54, 1.807) is 11.1 Å². The molecule has 272 valence electrons. The van der Waals surface area contributed by atoms with Gasteiger partial charge in [-0.05, 0) is 144 Å². The summed E-state index contributed by atoms with van der Waals surface area (Å²) in [6.07, 6.45) is 31.1. The van der Waals surface area contributed by atoms with Gasteiger partial charge in [-0.2, -0.15) is 0 Å². The maximum Gasteiger partial charge on any atom is 0.0541 e. The third-order valence-electron chi connectivity index (χ3n) is 14.1. The number of rotatable bonds is 4. The Labute approximate surface area is 329 Å². The SMILES string of the molecule is C1=CC(n2c3ccccc3c3cc(C4=CC=C5c6ccc(-c7ccc8c(c7)c7ccccc7n8C7=CCCC=C7)cc6C6(CCCCC6)C5C4)ccc32)=CCC1. The van der Waals surface area contributed by atoms with Gasteiger partial charge in [-0.15, -0.1) is 0 Å². The van der Waals surface area contributed by atoms with Crippen molar-refractivity contribution in [2.75, 3.05) is 0 Å². The molecule has 5 aliphatic carbocycles. The molecule has 1 spiro atoms. The molecule has 5 aromatic carbocycles. The number of nitrogens with zero attached hydrogens (tertiary/aromatic N) is 2. The summed E-state index contributed by atoms with van der Waals surface area (Å²) in [7, 11) is 0.